The lowest BCUT2D eigenvalue weighted by Gasteiger charge is -2.24. The number of anilines is 1. The predicted octanol–water partition coefficient (Wildman–Crippen LogP) is 4.85. The van der Waals surface area contributed by atoms with E-state index in [0.29, 0.717) is 53.7 Å². The molecule has 2 atom stereocenters. The van der Waals surface area contributed by atoms with Crippen molar-refractivity contribution in [1.29, 1.82) is 0 Å². The third kappa shape index (κ3) is 5.01. The molecule has 1 fully saturated rings. The van der Waals surface area contributed by atoms with Crippen LogP contribution in [0.25, 0.3) is 22.4 Å². The van der Waals surface area contributed by atoms with E-state index in [-0.39, 0.29) is 23.3 Å². The third-order valence-electron chi connectivity index (χ3n) is 8.37. The molecule has 0 unspecified atom stereocenters. The van der Waals surface area contributed by atoms with Gasteiger partial charge in [-0.2, -0.15) is 0 Å². The molecule has 4 heterocycles. The van der Waals surface area contributed by atoms with Gasteiger partial charge in [0.05, 0.1) is 16.7 Å². The molecule has 3 N–H and O–H groups in total. The standard InChI is InChI=1S/C31H35FN6O2/c1-18-6-7-23(32)14-21(18)13-19(2)34-25-8-9-33-30(39)28(25)29-35-26-15-22-17-38(12-11-37-10-4-5-20(37)3)31(40)24(22)16-27(26)36-29/h6-9,14-16,19-20H,4-5,10-13,17H2,1-3H3,(H,35,36)(H2,33,34,39)/t19-,20+/m0/s1. The predicted molar refractivity (Wildman–Crippen MR) is 155 cm³/mol. The van der Waals surface area contributed by atoms with Gasteiger partial charge in [-0.25, -0.2) is 9.37 Å². The molecule has 0 spiro atoms. The summed E-state index contributed by atoms with van der Waals surface area (Å²) in [5, 5.41) is 3.42. The highest BCUT2D eigenvalue weighted by atomic mass is 19.1. The van der Waals surface area contributed by atoms with Crippen molar-refractivity contribution < 1.29 is 9.18 Å². The maximum absolute atomic E-state index is 13.8. The van der Waals surface area contributed by atoms with Crippen LogP contribution in [0.4, 0.5) is 10.1 Å². The van der Waals surface area contributed by atoms with E-state index in [0.717, 1.165) is 35.3 Å². The third-order valence-corrected chi connectivity index (χ3v) is 8.37. The molecule has 0 radical (unpaired) electrons. The topological polar surface area (TPSA) is 97.1 Å². The van der Waals surface area contributed by atoms with Gasteiger partial charge in [-0.3, -0.25) is 14.5 Å². The summed E-state index contributed by atoms with van der Waals surface area (Å²) in [5.74, 6) is 0.209. The molecule has 4 aromatic rings. The van der Waals surface area contributed by atoms with Crippen LogP contribution in [0.5, 0.6) is 0 Å². The quantitative estimate of drug-likeness (QED) is 0.296. The van der Waals surface area contributed by atoms with Gasteiger partial charge in [-0.1, -0.05) is 6.07 Å². The molecule has 2 aromatic heterocycles. The molecule has 9 heteroatoms. The highest BCUT2D eigenvalue weighted by molar-refractivity contribution is 6.02. The van der Waals surface area contributed by atoms with Crippen molar-refractivity contribution in [3.63, 3.8) is 0 Å². The maximum Gasteiger partial charge on any atom is 0.261 e. The fourth-order valence-corrected chi connectivity index (χ4v) is 6.09. The van der Waals surface area contributed by atoms with Crippen molar-refractivity contribution in [2.75, 3.05) is 25.0 Å². The number of halogens is 1. The number of aromatic amines is 2. The van der Waals surface area contributed by atoms with Crippen LogP contribution in [-0.4, -0.2) is 62.4 Å². The van der Waals surface area contributed by atoms with E-state index in [2.05, 4.69) is 27.1 Å². The SMILES string of the molecule is Cc1ccc(F)cc1C[C@H](C)Nc1cc[nH]c(=O)c1-c1nc2cc3c(cc2[nH]1)CN(CCN1CCC[C@H]1C)C3=O. The number of hydrogen-bond donors (Lipinski definition) is 3. The van der Waals surface area contributed by atoms with Gasteiger partial charge in [-0.15, -0.1) is 0 Å². The van der Waals surface area contributed by atoms with Crippen LogP contribution in [0.3, 0.4) is 0 Å². The molecular formula is C31H35FN6O2. The van der Waals surface area contributed by atoms with E-state index >= 15 is 0 Å². The number of aryl methyl sites for hydroxylation is 1. The van der Waals surface area contributed by atoms with Gasteiger partial charge in [-0.05, 0) is 93.6 Å². The monoisotopic (exact) mass is 542 g/mol. The number of carbonyl (C=O) groups is 1. The Bertz CT molecular complexity index is 1640. The Balaban J connectivity index is 1.23. The second-order valence-corrected chi connectivity index (χ2v) is 11.3. The molecule has 1 amide bonds. The van der Waals surface area contributed by atoms with Gasteiger partial charge in [0.1, 0.15) is 17.2 Å². The van der Waals surface area contributed by atoms with Crippen molar-refractivity contribution in [2.45, 2.75) is 58.7 Å². The van der Waals surface area contributed by atoms with E-state index in [4.69, 9.17) is 4.98 Å². The van der Waals surface area contributed by atoms with E-state index < -0.39 is 0 Å². The Morgan fingerprint density at radius 1 is 1.18 bits per heavy atom. The van der Waals surface area contributed by atoms with Crippen LogP contribution in [0.2, 0.25) is 0 Å². The number of aromatic nitrogens is 3. The fourth-order valence-electron chi connectivity index (χ4n) is 6.09. The number of likely N-dealkylation sites (tertiary alicyclic amines) is 1. The van der Waals surface area contributed by atoms with Crippen LogP contribution < -0.4 is 10.9 Å². The van der Waals surface area contributed by atoms with Crippen molar-refractivity contribution in [3.8, 4) is 11.4 Å². The number of amides is 1. The van der Waals surface area contributed by atoms with Gasteiger partial charge < -0.3 is 20.2 Å². The van der Waals surface area contributed by atoms with Gasteiger partial charge in [0.25, 0.3) is 11.5 Å². The normalized spacial score (nSPS) is 18.1. The zero-order chi connectivity index (χ0) is 28.0. The van der Waals surface area contributed by atoms with E-state index in [1.807, 2.05) is 36.9 Å². The summed E-state index contributed by atoms with van der Waals surface area (Å²) in [7, 11) is 0. The highest BCUT2D eigenvalue weighted by Gasteiger charge is 2.30. The number of pyridine rings is 1. The number of nitrogens with zero attached hydrogens (tertiary/aromatic N) is 3. The van der Waals surface area contributed by atoms with Crippen LogP contribution in [-0.2, 0) is 13.0 Å². The average Bonchev–Trinajstić information content (AvgIpc) is 3.60. The maximum atomic E-state index is 13.8. The van der Waals surface area contributed by atoms with Crippen molar-refractivity contribution in [1.82, 2.24) is 24.8 Å². The van der Waals surface area contributed by atoms with Gasteiger partial charge in [0.2, 0.25) is 0 Å². The molecule has 0 bridgehead atoms. The first-order valence-electron chi connectivity index (χ1n) is 14.1. The second-order valence-electron chi connectivity index (χ2n) is 11.3. The van der Waals surface area contributed by atoms with Crippen molar-refractivity contribution in [2.24, 2.45) is 0 Å². The smallest absolute Gasteiger partial charge is 0.261 e. The summed E-state index contributed by atoms with van der Waals surface area (Å²) >= 11 is 0. The first-order valence-corrected chi connectivity index (χ1v) is 14.1. The first-order chi connectivity index (χ1) is 19.3. The van der Waals surface area contributed by atoms with E-state index in [9.17, 15) is 14.0 Å². The number of hydrogen-bond acceptors (Lipinski definition) is 5. The van der Waals surface area contributed by atoms with Gasteiger partial charge >= 0.3 is 0 Å². The number of nitrogens with one attached hydrogen (secondary N) is 3. The molecule has 0 aliphatic carbocycles. The molecule has 208 valence electrons. The molecule has 2 aliphatic heterocycles. The summed E-state index contributed by atoms with van der Waals surface area (Å²) in [4.78, 5) is 41.4. The molecule has 2 aromatic carbocycles. The number of carbonyl (C=O) groups excluding carboxylic acids is 1. The number of rotatable bonds is 8. The van der Waals surface area contributed by atoms with Gasteiger partial charge in [0.15, 0.2) is 0 Å². The zero-order valence-electron chi connectivity index (χ0n) is 23.2. The van der Waals surface area contributed by atoms with E-state index in [1.165, 1.54) is 18.9 Å². The van der Waals surface area contributed by atoms with Crippen LogP contribution in [0.1, 0.15) is 53.7 Å². The van der Waals surface area contributed by atoms with Crippen LogP contribution >= 0.6 is 0 Å². The van der Waals surface area contributed by atoms with Gasteiger partial charge in [0, 0.05) is 43.5 Å². The fraction of sp³-hybridized carbons (Fsp3) is 0.387. The molecule has 0 saturated carbocycles. The number of imidazole rings is 1. The highest BCUT2D eigenvalue weighted by Crippen LogP contribution is 2.30. The Labute approximate surface area is 232 Å². The Morgan fingerprint density at radius 3 is 2.83 bits per heavy atom. The molecule has 1 saturated heterocycles. The van der Waals surface area contributed by atoms with Crippen molar-refractivity contribution >= 4 is 22.6 Å². The Hall–Kier alpha value is -3.98. The lowest BCUT2D eigenvalue weighted by atomic mass is 10.0. The minimum absolute atomic E-state index is 0.0367. The molecule has 8 nitrogen and oxygen atoms in total. The Morgan fingerprint density at radius 2 is 2.02 bits per heavy atom. The molecule has 40 heavy (non-hydrogen) atoms. The average molecular weight is 543 g/mol. The minimum atomic E-state index is -0.274. The zero-order valence-corrected chi connectivity index (χ0v) is 23.2. The summed E-state index contributed by atoms with van der Waals surface area (Å²) in [5.41, 5.74) is 5.78. The minimum Gasteiger partial charge on any atom is -0.381 e. The summed E-state index contributed by atoms with van der Waals surface area (Å²) < 4.78 is 13.8. The number of fused-ring (bicyclic) bond motifs is 2. The largest absolute Gasteiger partial charge is 0.381 e. The lowest BCUT2D eigenvalue weighted by molar-refractivity contribution is 0.0756. The van der Waals surface area contributed by atoms with Crippen LogP contribution in [0, 0.1) is 12.7 Å². The second kappa shape index (κ2) is 10.5. The number of H-pyrrole nitrogens is 2. The Kier molecular flexibility index (Phi) is 6.92. The molecule has 6 rings (SSSR count). The summed E-state index contributed by atoms with van der Waals surface area (Å²) in [6, 6.07) is 10.9. The van der Waals surface area contributed by atoms with E-state index in [1.54, 1.807) is 18.3 Å². The number of benzene rings is 2. The van der Waals surface area contributed by atoms with Crippen molar-refractivity contribution in [3.05, 3.63) is 81.0 Å². The summed E-state index contributed by atoms with van der Waals surface area (Å²) in [6.07, 6.45) is 4.64. The van der Waals surface area contributed by atoms with Crippen LogP contribution in [0.15, 0.2) is 47.4 Å². The lowest BCUT2D eigenvalue weighted by Crippen LogP contribution is -2.36. The molecule has 2 aliphatic rings. The molecular weight excluding hydrogens is 507 g/mol. The first kappa shape index (κ1) is 26.3. The summed E-state index contributed by atoms with van der Waals surface area (Å²) in [6.45, 7) is 9.51.